The van der Waals surface area contributed by atoms with Gasteiger partial charge in [-0.1, -0.05) is 19.9 Å². The van der Waals surface area contributed by atoms with Crippen molar-refractivity contribution >= 4 is 17.3 Å². The molecule has 0 atom stereocenters. The van der Waals surface area contributed by atoms with Gasteiger partial charge in [-0.05, 0) is 24.3 Å². The summed E-state index contributed by atoms with van der Waals surface area (Å²) in [6.07, 6.45) is 2.11. The van der Waals surface area contributed by atoms with E-state index in [2.05, 4.69) is 66.8 Å². The van der Waals surface area contributed by atoms with Gasteiger partial charge in [-0.15, -0.1) is 11.3 Å². The summed E-state index contributed by atoms with van der Waals surface area (Å²) in [5, 5.41) is 10.0. The highest BCUT2D eigenvalue weighted by molar-refractivity contribution is 7.09. The summed E-state index contributed by atoms with van der Waals surface area (Å²) in [6, 6.07) is 4.19. The zero-order chi connectivity index (χ0) is 16.8. The molecule has 0 aliphatic carbocycles. The molecule has 2 aromatic rings. The topological polar surface area (TPSA) is 45.5 Å². The van der Waals surface area contributed by atoms with Crippen LogP contribution in [0.5, 0.6) is 0 Å². The Morgan fingerprint density at radius 1 is 1.48 bits per heavy atom. The van der Waals surface area contributed by atoms with E-state index in [4.69, 9.17) is 4.99 Å². The van der Waals surface area contributed by atoms with E-state index in [1.165, 1.54) is 10.4 Å². The molecule has 126 valence electrons. The number of aryl methyl sites for hydroxylation is 1. The molecule has 2 aromatic heterocycles. The molecule has 5 nitrogen and oxygen atoms in total. The molecule has 0 saturated heterocycles. The van der Waals surface area contributed by atoms with Gasteiger partial charge in [0.25, 0.3) is 0 Å². The fourth-order valence-corrected chi connectivity index (χ4v) is 3.15. The van der Waals surface area contributed by atoms with Crippen LogP contribution in [0.25, 0.3) is 0 Å². The first-order valence-corrected chi connectivity index (χ1v) is 8.93. The average Bonchev–Trinajstić information content (AvgIpc) is 3.13. The van der Waals surface area contributed by atoms with Gasteiger partial charge in [0.1, 0.15) is 0 Å². The van der Waals surface area contributed by atoms with Crippen LogP contribution in [0.15, 0.2) is 28.7 Å². The summed E-state index contributed by atoms with van der Waals surface area (Å²) in [6.45, 7) is 8.84. The molecule has 0 fully saturated rings. The third-order valence-electron chi connectivity index (χ3n) is 3.55. The molecular formula is C17H27N5S. The number of rotatable bonds is 6. The van der Waals surface area contributed by atoms with Crippen LogP contribution in [0, 0.1) is 0 Å². The van der Waals surface area contributed by atoms with Crippen LogP contribution in [-0.2, 0) is 20.1 Å². The molecule has 0 bridgehead atoms. The Kier molecular flexibility index (Phi) is 6.21. The number of nitrogens with zero attached hydrogens (tertiary/aromatic N) is 4. The van der Waals surface area contributed by atoms with Crippen LogP contribution < -0.4 is 5.32 Å². The van der Waals surface area contributed by atoms with E-state index in [9.17, 15) is 0 Å². The van der Waals surface area contributed by atoms with Gasteiger partial charge >= 0.3 is 0 Å². The third-order valence-corrected chi connectivity index (χ3v) is 4.41. The van der Waals surface area contributed by atoms with E-state index in [1.807, 2.05) is 11.7 Å². The largest absolute Gasteiger partial charge is 0.357 e. The van der Waals surface area contributed by atoms with Crippen molar-refractivity contribution in [3.05, 3.63) is 39.8 Å². The summed E-state index contributed by atoms with van der Waals surface area (Å²) in [4.78, 5) is 8.19. The van der Waals surface area contributed by atoms with Crippen molar-refractivity contribution in [2.24, 2.45) is 12.0 Å². The fraction of sp³-hybridized carbons (Fsp3) is 0.529. The first-order chi connectivity index (χ1) is 11.0. The highest BCUT2D eigenvalue weighted by Crippen LogP contribution is 2.18. The Balaban J connectivity index is 2.11. The van der Waals surface area contributed by atoms with Crippen molar-refractivity contribution in [2.75, 3.05) is 13.6 Å². The number of aliphatic imine (C=N–C) groups is 1. The van der Waals surface area contributed by atoms with Gasteiger partial charge in [0.2, 0.25) is 0 Å². The Hall–Kier alpha value is -1.82. The molecule has 2 rings (SSSR count). The van der Waals surface area contributed by atoms with Crippen molar-refractivity contribution in [1.82, 2.24) is 20.0 Å². The lowest BCUT2D eigenvalue weighted by molar-refractivity contribution is 0.473. The Labute approximate surface area is 143 Å². The smallest absolute Gasteiger partial charge is 0.194 e. The van der Waals surface area contributed by atoms with Crippen LogP contribution >= 0.6 is 11.3 Å². The first-order valence-electron chi connectivity index (χ1n) is 8.05. The van der Waals surface area contributed by atoms with E-state index < -0.39 is 0 Å². The quantitative estimate of drug-likeness (QED) is 0.652. The maximum Gasteiger partial charge on any atom is 0.194 e. The monoisotopic (exact) mass is 333 g/mol. The van der Waals surface area contributed by atoms with Gasteiger partial charge in [-0.25, -0.2) is 4.99 Å². The number of thiophene rings is 1. The highest BCUT2D eigenvalue weighted by Gasteiger charge is 2.15. The molecule has 0 aromatic carbocycles. The maximum atomic E-state index is 4.75. The van der Waals surface area contributed by atoms with E-state index in [1.54, 1.807) is 11.3 Å². The molecule has 0 saturated carbocycles. The number of nitrogens with one attached hydrogen (secondary N) is 1. The van der Waals surface area contributed by atoms with Crippen molar-refractivity contribution in [2.45, 2.75) is 39.8 Å². The second-order valence-corrected chi connectivity index (χ2v) is 7.01. The van der Waals surface area contributed by atoms with Crippen LogP contribution in [0.2, 0.25) is 0 Å². The number of hydrogen-bond donors (Lipinski definition) is 1. The van der Waals surface area contributed by atoms with Gasteiger partial charge < -0.3 is 10.2 Å². The Bertz CT molecular complexity index is 627. The predicted molar refractivity (Wildman–Crippen MR) is 97.9 cm³/mol. The van der Waals surface area contributed by atoms with Crippen molar-refractivity contribution in [1.29, 1.82) is 0 Å². The lowest BCUT2D eigenvalue weighted by Gasteiger charge is -2.22. The summed E-state index contributed by atoms with van der Waals surface area (Å²) < 4.78 is 1.90. The molecule has 0 amide bonds. The lowest BCUT2D eigenvalue weighted by Crippen LogP contribution is -2.38. The summed E-state index contributed by atoms with van der Waals surface area (Å²) in [5.41, 5.74) is 2.42. The second kappa shape index (κ2) is 8.15. The summed E-state index contributed by atoms with van der Waals surface area (Å²) in [7, 11) is 4.05. The molecule has 0 unspecified atom stereocenters. The Morgan fingerprint density at radius 3 is 2.87 bits per heavy atom. The van der Waals surface area contributed by atoms with Crippen molar-refractivity contribution in [3.63, 3.8) is 0 Å². The number of aromatic nitrogens is 2. The van der Waals surface area contributed by atoms with Gasteiger partial charge in [-0.2, -0.15) is 5.10 Å². The molecule has 1 N–H and O–H groups in total. The van der Waals surface area contributed by atoms with Crippen LogP contribution in [0.1, 0.15) is 42.8 Å². The number of guanidine groups is 1. The van der Waals surface area contributed by atoms with Crippen molar-refractivity contribution in [3.8, 4) is 0 Å². The van der Waals surface area contributed by atoms with E-state index in [0.717, 1.165) is 24.7 Å². The van der Waals surface area contributed by atoms with Crippen LogP contribution in [-0.4, -0.2) is 34.2 Å². The van der Waals surface area contributed by atoms with Gasteiger partial charge in [-0.3, -0.25) is 4.68 Å². The normalized spacial score (nSPS) is 12.0. The van der Waals surface area contributed by atoms with Gasteiger partial charge in [0.05, 0.1) is 12.2 Å². The lowest BCUT2D eigenvalue weighted by atomic mass is 10.1. The summed E-state index contributed by atoms with van der Waals surface area (Å²) in [5.74, 6) is 1.35. The van der Waals surface area contributed by atoms with E-state index >= 15 is 0 Å². The molecule has 0 spiro atoms. The molecule has 6 heteroatoms. The minimum Gasteiger partial charge on any atom is -0.357 e. The van der Waals surface area contributed by atoms with Gasteiger partial charge in [0, 0.05) is 43.8 Å². The Morgan fingerprint density at radius 2 is 2.26 bits per heavy atom. The maximum absolute atomic E-state index is 4.75. The van der Waals surface area contributed by atoms with E-state index in [0.29, 0.717) is 12.5 Å². The average molecular weight is 334 g/mol. The second-order valence-electron chi connectivity index (χ2n) is 5.97. The molecule has 23 heavy (non-hydrogen) atoms. The fourth-order valence-electron chi connectivity index (χ4n) is 2.52. The third kappa shape index (κ3) is 4.82. The van der Waals surface area contributed by atoms with Gasteiger partial charge in [0.15, 0.2) is 5.96 Å². The highest BCUT2D eigenvalue weighted by atomic mass is 32.1. The number of hydrogen-bond acceptors (Lipinski definition) is 3. The van der Waals surface area contributed by atoms with Crippen molar-refractivity contribution < 1.29 is 0 Å². The minimum absolute atomic E-state index is 0.422. The zero-order valence-electron chi connectivity index (χ0n) is 14.7. The first kappa shape index (κ1) is 17.5. The predicted octanol–water partition coefficient (Wildman–Crippen LogP) is 3.20. The molecule has 2 heterocycles. The SMILES string of the molecule is CCNC(=NCc1cccs1)N(C)Cc1cn(C)nc1C(C)C. The molecule has 0 radical (unpaired) electrons. The van der Waals surface area contributed by atoms with E-state index in [-0.39, 0.29) is 0 Å². The molecule has 0 aliphatic heterocycles. The van der Waals surface area contributed by atoms with Crippen LogP contribution in [0.3, 0.4) is 0 Å². The molecule has 0 aliphatic rings. The zero-order valence-corrected chi connectivity index (χ0v) is 15.5. The standard InChI is InChI=1S/C17H27N5S/c1-6-18-17(19-10-15-8-7-9-23-15)21(4)11-14-12-22(5)20-16(14)13(2)3/h7-9,12-13H,6,10-11H2,1-5H3,(H,18,19). The summed E-state index contributed by atoms with van der Waals surface area (Å²) >= 11 is 1.74. The minimum atomic E-state index is 0.422. The molecular weight excluding hydrogens is 306 g/mol. The van der Waals surface area contributed by atoms with Crippen LogP contribution in [0.4, 0.5) is 0 Å².